The molecule has 9 nitrogen and oxygen atoms in total. The number of hydrogen-bond donors (Lipinski definition) is 4. The summed E-state index contributed by atoms with van der Waals surface area (Å²) in [6.45, 7) is 6.80. The number of nitrogens with zero attached hydrogens (tertiary/aromatic N) is 4. The Morgan fingerprint density at radius 2 is 2.00 bits per heavy atom. The van der Waals surface area contributed by atoms with E-state index in [1.807, 2.05) is 18.7 Å². The summed E-state index contributed by atoms with van der Waals surface area (Å²) < 4.78 is 5.21. The van der Waals surface area contributed by atoms with Crippen LogP contribution in [0.25, 0.3) is 0 Å². The van der Waals surface area contributed by atoms with Gasteiger partial charge in [-0.15, -0.1) is 0 Å². The third-order valence-electron chi connectivity index (χ3n) is 3.46. The van der Waals surface area contributed by atoms with Gasteiger partial charge in [-0.25, -0.2) is 5.84 Å². The highest BCUT2D eigenvalue weighted by Crippen LogP contribution is 2.19. The first-order valence-corrected chi connectivity index (χ1v) is 7.12. The van der Waals surface area contributed by atoms with Crippen molar-refractivity contribution in [3.05, 3.63) is 0 Å². The average Bonchev–Trinajstić information content (AvgIpc) is 2.93. The SMILES string of the molecule is CCN(CC)c1nc(NN)nc(NCC2(O)CCOC2)n1. The van der Waals surface area contributed by atoms with Crippen molar-refractivity contribution in [2.45, 2.75) is 25.9 Å². The van der Waals surface area contributed by atoms with Crippen molar-refractivity contribution in [2.24, 2.45) is 5.84 Å². The van der Waals surface area contributed by atoms with E-state index in [0.29, 0.717) is 38.1 Å². The fraction of sp³-hybridized carbons (Fsp3) is 0.750. The minimum atomic E-state index is -0.877. The number of hydrogen-bond acceptors (Lipinski definition) is 9. The lowest BCUT2D eigenvalue weighted by Crippen LogP contribution is -2.37. The summed E-state index contributed by atoms with van der Waals surface area (Å²) in [5.74, 6) is 6.59. The van der Waals surface area contributed by atoms with E-state index in [1.165, 1.54) is 0 Å². The van der Waals surface area contributed by atoms with E-state index in [0.717, 1.165) is 13.1 Å². The average molecular weight is 297 g/mol. The zero-order valence-electron chi connectivity index (χ0n) is 12.5. The minimum absolute atomic E-state index is 0.282. The van der Waals surface area contributed by atoms with Crippen molar-refractivity contribution in [3.63, 3.8) is 0 Å². The third-order valence-corrected chi connectivity index (χ3v) is 3.46. The van der Waals surface area contributed by atoms with Crippen LogP contribution in [0.3, 0.4) is 0 Å². The Bertz CT molecular complexity index is 461. The van der Waals surface area contributed by atoms with Gasteiger partial charge in [-0.2, -0.15) is 15.0 Å². The van der Waals surface area contributed by atoms with Crippen molar-refractivity contribution >= 4 is 17.8 Å². The van der Waals surface area contributed by atoms with Crippen LogP contribution in [-0.2, 0) is 4.74 Å². The molecule has 0 aromatic carbocycles. The Morgan fingerprint density at radius 3 is 2.57 bits per heavy atom. The van der Waals surface area contributed by atoms with E-state index >= 15 is 0 Å². The number of ether oxygens (including phenoxy) is 1. The zero-order valence-corrected chi connectivity index (χ0v) is 12.5. The Hall–Kier alpha value is -1.71. The number of nitrogens with two attached hydrogens (primary N) is 1. The summed E-state index contributed by atoms with van der Waals surface area (Å²) in [4.78, 5) is 14.7. The summed E-state index contributed by atoms with van der Waals surface area (Å²) in [6.07, 6.45) is 0.593. The van der Waals surface area contributed by atoms with Crippen molar-refractivity contribution in [1.82, 2.24) is 15.0 Å². The number of rotatable bonds is 7. The molecule has 9 heteroatoms. The molecule has 21 heavy (non-hydrogen) atoms. The van der Waals surface area contributed by atoms with Gasteiger partial charge in [0.1, 0.15) is 5.60 Å². The van der Waals surface area contributed by atoms with Crippen LogP contribution in [-0.4, -0.2) is 58.5 Å². The highest BCUT2D eigenvalue weighted by molar-refractivity contribution is 5.43. The van der Waals surface area contributed by atoms with E-state index in [9.17, 15) is 5.11 Å². The monoisotopic (exact) mass is 297 g/mol. The molecule has 1 saturated heterocycles. The standard InChI is InChI=1S/C12H23N7O2/c1-3-19(4-2)11-16-9(15-10(17-11)18-13)14-7-12(20)5-6-21-8-12/h20H,3-8,13H2,1-2H3,(H2,14,15,16,17,18). The van der Waals surface area contributed by atoms with Gasteiger partial charge in [0.05, 0.1) is 6.61 Å². The molecule has 0 aliphatic carbocycles. The van der Waals surface area contributed by atoms with Crippen molar-refractivity contribution < 1.29 is 9.84 Å². The minimum Gasteiger partial charge on any atom is -0.386 e. The Morgan fingerprint density at radius 1 is 1.29 bits per heavy atom. The smallest absolute Gasteiger partial charge is 0.243 e. The van der Waals surface area contributed by atoms with Crippen molar-refractivity contribution in [3.8, 4) is 0 Å². The molecular formula is C12H23N7O2. The Kier molecular flexibility index (Phi) is 5.10. The number of nitrogen functional groups attached to an aromatic ring is 1. The molecule has 0 spiro atoms. The summed E-state index contributed by atoms with van der Waals surface area (Å²) in [5.41, 5.74) is 1.56. The van der Waals surface area contributed by atoms with E-state index in [-0.39, 0.29) is 5.95 Å². The molecular weight excluding hydrogens is 274 g/mol. The van der Waals surface area contributed by atoms with Gasteiger partial charge < -0.3 is 20.1 Å². The van der Waals surface area contributed by atoms with Crippen LogP contribution in [0.1, 0.15) is 20.3 Å². The van der Waals surface area contributed by atoms with Gasteiger partial charge in [0, 0.05) is 32.7 Å². The zero-order chi connectivity index (χ0) is 15.3. The summed E-state index contributed by atoms with van der Waals surface area (Å²) in [7, 11) is 0. The third kappa shape index (κ3) is 3.90. The van der Waals surface area contributed by atoms with Crippen LogP contribution in [0.5, 0.6) is 0 Å². The molecule has 2 rings (SSSR count). The van der Waals surface area contributed by atoms with Gasteiger partial charge in [0.2, 0.25) is 17.8 Å². The molecule has 1 aliphatic heterocycles. The number of aromatic nitrogens is 3. The maximum atomic E-state index is 10.2. The van der Waals surface area contributed by atoms with Crippen LogP contribution in [0.15, 0.2) is 0 Å². The van der Waals surface area contributed by atoms with Crippen molar-refractivity contribution in [1.29, 1.82) is 0 Å². The normalized spacial score (nSPS) is 21.3. The lowest BCUT2D eigenvalue weighted by atomic mass is 10.0. The first kappa shape index (κ1) is 15.7. The molecule has 1 fully saturated rings. The lowest BCUT2D eigenvalue weighted by molar-refractivity contribution is 0.0380. The number of anilines is 3. The molecule has 1 aliphatic rings. The molecule has 0 saturated carbocycles. The van der Waals surface area contributed by atoms with Gasteiger partial charge in [-0.1, -0.05) is 0 Å². The molecule has 1 unspecified atom stereocenters. The van der Waals surface area contributed by atoms with Gasteiger partial charge in [-0.3, -0.25) is 5.43 Å². The second kappa shape index (κ2) is 6.83. The van der Waals surface area contributed by atoms with E-state index in [2.05, 4.69) is 25.7 Å². The maximum Gasteiger partial charge on any atom is 0.243 e. The van der Waals surface area contributed by atoms with E-state index in [1.54, 1.807) is 0 Å². The lowest BCUT2D eigenvalue weighted by Gasteiger charge is -2.22. The second-order valence-electron chi connectivity index (χ2n) is 4.98. The molecule has 1 atom stereocenters. The Balaban J connectivity index is 2.12. The number of aliphatic hydroxyl groups is 1. The van der Waals surface area contributed by atoms with Crippen LogP contribution in [0.4, 0.5) is 17.8 Å². The van der Waals surface area contributed by atoms with E-state index in [4.69, 9.17) is 10.6 Å². The molecule has 0 radical (unpaired) electrons. The van der Waals surface area contributed by atoms with Crippen LogP contribution in [0.2, 0.25) is 0 Å². The molecule has 0 amide bonds. The molecule has 1 aromatic heterocycles. The molecule has 2 heterocycles. The highest BCUT2D eigenvalue weighted by Gasteiger charge is 2.32. The fourth-order valence-corrected chi connectivity index (χ4v) is 2.14. The summed E-state index contributed by atoms with van der Waals surface area (Å²) in [5, 5.41) is 13.3. The molecule has 5 N–H and O–H groups in total. The van der Waals surface area contributed by atoms with Gasteiger partial charge in [0.15, 0.2) is 0 Å². The fourth-order valence-electron chi connectivity index (χ4n) is 2.14. The largest absolute Gasteiger partial charge is 0.386 e. The molecule has 118 valence electrons. The summed E-state index contributed by atoms with van der Waals surface area (Å²) >= 11 is 0. The number of hydrazine groups is 1. The first-order valence-electron chi connectivity index (χ1n) is 7.12. The number of nitrogens with one attached hydrogen (secondary N) is 2. The van der Waals surface area contributed by atoms with Gasteiger partial charge in [0.25, 0.3) is 0 Å². The second-order valence-corrected chi connectivity index (χ2v) is 4.98. The molecule has 0 bridgehead atoms. The topological polar surface area (TPSA) is 121 Å². The van der Waals surface area contributed by atoms with Crippen LogP contribution in [0, 0.1) is 0 Å². The van der Waals surface area contributed by atoms with Gasteiger partial charge >= 0.3 is 0 Å². The van der Waals surface area contributed by atoms with Crippen LogP contribution >= 0.6 is 0 Å². The Labute approximate surface area is 123 Å². The quantitative estimate of drug-likeness (QED) is 0.392. The predicted molar refractivity (Wildman–Crippen MR) is 80.1 cm³/mol. The predicted octanol–water partition coefficient (Wildman–Crippen LogP) is -0.433. The maximum absolute atomic E-state index is 10.2. The van der Waals surface area contributed by atoms with Gasteiger partial charge in [-0.05, 0) is 13.8 Å². The highest BCUT2D eigenvalue weighted by atomic mass is 16.5. The summed E-state index contributed by atoms with van der Waals surface area (Å²) in [6, 6.07) is 0. The van der Waals surface area contributed by atoms with Crippen LogP contribution < -0.4 is 21.5 Å². The van der Waals surface area contributed by atoms with Crippen molar-refractivity contribution in [2.75, 3.05) is 48.5 Å². The molecule has 1 aromatic rings. The van der Waals surface area contributed by atoms with E-state index < -0.39 is 5.60 Å². The first-order chi connectivity index (χ1) is 10.1.